The zero-order valence-electron chi connectivity index (χ0n) is 14.7. The minimum absolute atomic E-state index is 0.156. The SMILES string of the molecule is Cc1ccc(N2C(=O)/C(=C\c3ccc(O)cc3)c3ccccc3C2=O)cc1. The highest BCUT2D eigenvalue weighted by atomic mass is 16.3. The summed E-state index contributed by atoms with van der Waals surface area (Å²) in [4.78, 5) is 27.5. The van der Waals surface area contributed by atoms with Crippen LogP contribution in [0.5, 0.6) is 5.75 Å². The van der Waals surface area contributed by atoms with Gasteiger partial charge in [-0.05, 0) is 54.5 Å². The van der Waals surface area contributed by atoms with E-state index in [2.05, 4.69) is 0 Å². The summed E-state index contributed by atoms with van der Waals surface area (Å²) in [5, 5.41) is 9.48. The maximum Gasteiger partial charge on any atom is 0.265 e. The molecule has 0 radical (unpaired) electrons. The summed E-state index contributed by atoms with van der Waals surface area (Å²) in [6, 6.07) is 21.0. The van der Waals surface area contributed by atoms with Crippen molar-refractivity contribution in [2.45, 2.75) is 6.92 Å². The smallest absolute Gasteiger partial charge is 0.265 e. The van der Waals surface area contributed by atoms with E-state index in [4.69, 9.17) is 0 Å². The number of phenolic OH excluding ortho intramolecular Hbond substituents is 1. The summed E-state index contributed by atoms with van der Waals surface area (Å²) in [6.45, 7) is 1.95. The van der Waals surface area contributed by atoms with Crippen molar-refractivity contribution in [3.63, 3.8) is 0 Å². The molecule has 0 saturated heterocycles. The molecule has 0 bridgehead atoms. The highest BCUT2D eigenvalue weighted by Gasteiger charge is 2.35. The van der Waals surface area contributed by atoms with Crippen LogP contribution in [-0.2, 0) is 4.79 Å². The summed E-state index contributed by atoms with van der Waals surface area (Å²) >= 11 is 0. The Morgan fingerprint density at radius 3 is 2.07 bits per heavy atom. The Bertz CT molecular complexity index is 1060. The minimum atomic E-state index is -0.365. The largest absolute Gasteiger partial charge is 0.508 e. The van der Waals surface area contributed by atoms with Gasteiger partial charge in [-0.25, -0.2) is 4.90 Å². The Morgan fingerprint density at radius 1 is 0.778 bits per heavy atom. The van der Waals surface area contributed by atoms with Gasteiger partial charge < -0.3 is 5.11 Å². The fraction of sp³-hybridized carbons (Fsp3) is 0.0435. The van der Waals surface area contributed by atoms with Gasteiger partial charge >= 0.3 is 0 Å². The molecule has 1 aliphatic heterocycles. The number of amides is 2. The fourth-order valence-electron chi connectivity index (χ4n) is 3.16. The lowest BCUT2D eigenvalue weighted by molar-refractivity contribution is -0.112. The lowest BCUT2D eigenvalue weighted by atomic mass is 9.91. The van der Waals surface area contributed by atoms with Crippen LogP contribution >= 0.6 is 0 Å². The number of hydrogen-bond acceptors (Lipinski definition) is 3. The highest BCUT2D eigenvalue weighted by Crippen LogP contribution is 2.33. The normalized spacial score (nSPS) is 15.1. The van der Waals surface area contributed by atoms with E-state index in [1.807, 2.05) is 25.1 Å². The first-order valence-electron chi connectivity index (χ1n) is 8.60. The van der Waals surface area contributed by atoms with Crippen molar-refractivity contribution < 1.29 is 14.7 Å². The van der Waals surface area contributed by atoms with Crippen LogP contribution in [0.4, 0.5) is 5.69 Å². The quantitative estimate of drug-likeness (QED) is 0.546. The molecule has 4 rings (SSSR count). The third-order valence-electron chi connectivity index (χ3n) is 4.58. The monoisotopic (exact) mass is 355 g/mol. The molecule has 1 N–H and O–H groups in total. The summed E-state index contributed by atoms with van der Waals surface area (Å²) in [6.07, 6.45) is 1.74. The predicted molar refractivity (Wildman–Crippen MR) is 105 cm³/mol. The molecule has 0 fully saturated rings. The van der Waals surface area contributed by atoms with Gasteiger partial charge in [-0.15, -0.1) is 0 Å². The molecule has 0 aliphatic carbocycles. The third kappa shape index (κ3) is 3.02. The number of aryl methyl sites for hydroxylation is 1. The molecule has 27 heavy (non-hydrogen) atoms. The van der Waals surface area contributed by atoms with Crippen LogP contribution in [0.3, 0.4) is 0 Å². The van der Waals surface area contributed by atoms with Crippen LogP contribution in [0, 0.1) is 6.92 Å². The molecule has 1 aliphatic rings. The van der Waals surface area contributed by atoms with Crippen molar-refractivity contribution in [1.82, 2.24) is 0 Å². The zero-order chi connectivity index (χ0) is 19.0. The van der Waals surface area contributed by atoms with Gasteiger partial charge in [0.25, 0.3) is 11.8 Å². The lowest BCUT2D eigenvalue weighted by Crippen LogP contribution is -2.41. The topological polar surface area (TPSA) is 57.6 Å². The van der Waals surface area contributed by atoms with E-state index >= 15 is 0 Å². The standard InChI is InChI=1S/C23H17NO3/c1-15-6-10-17(11-7-15)24-22(26)20-5-3-2-4-19(20)21(23(24)27)14-16-8-12-18(25)13-9-16/h2-14,25H,1H3/b21-14-. The average Bonchev–Trinajstić information content (AvgIpc) is 2.68. The van der Waals surface area contributed by atoms with Crippen molar-refractivity contribution in [2.24, 2.45) is 0 Å². The van der Waals surface area contributed by atoms with Crippen molar-refractivity contribution in [2.75, 3.05) is 4.90 Å². The second kappa shape index (κ2) is 6.57. The minimum Gasteiger partial charge on any atom is -0.508 e. The molecule has 4 nitrogen and oxygen atoms in total. The molecule has 2 amide bonds. The molecule has 0 atom stereocenters. The summed E-state index contributed by atoms with van der Waals surface area (Å²) in [5.74, 6) is -0.540. The van der Waals surface area contributed by atoms with Crippen molar-refractivity contribution in [3.05, 3.63) is 95.1 Å². The van der Waals surface area contributed by atoms with Crippen LogP contribution in [0.15, 0.2) is 72.8 Å². The number of carbonyl (C=O) groups is 2. The number of rotatable bonds is 2. The van der Waals surface area contributed by atoms with Gasteiger partial charge in [0, 0.05) is 11.1 Å². The van der Waals surface area contributed by atoms with Gasteiger partial charge in [0.05, 0.1) is 5.69 Å². The molecule has 0 spiro atoms. The van der Waals surface area contributed by atoms with Crippen molar-refractivity contribution in [3.8, 4) is 5.75 Å². The predicted octanol–water partition coefficient (Wildman–Crippen LogP) is 4.43. The summed E-state index contributed by atoms with van der Waals surface area (Å²) in [7, 11) is 0. The first kappa shape index (κ1) is 16.8. The Morgan fingerprint density at radius 2 is 1.41 bits per heavy atom. The summed E-state index contributed by atoms with van der Waals surface area (Å²) in [5.41, 5.74) is 3.91. The molecule has 4 heteroatoms. The Balaban J connectivity index is 1.88. The second-order valence-corrected chi connectivity index (χ2v) is 6.48. The van der Waals surface area contributed by atoms with E-state index in [-0.39, 0.29) is 17.6 Å². The molecule has 0 aromatic heterocycles. The maximum absolute atomic E-state index is 13.2. The van der Waals surface area contributed by atoms with E-state index < -0.39 is 0 Å². The number of carbonyl (C=O) groups excluding carboxylic acids is 2. The molecular weight excluding hydrogens is 338 g/mol. The van der Waals surface area contributed by atoms with Crippen LogP contribution in [0.2, 0.25) is 0 Å². The maximum atomic E-state index is 13.2. The van der Waals surface area contributed by atoms with Crippen LogP contribution in [0.1, 0.15) is 27.0 Å². The van der Waals surface area contributed by atoms with Crippen molar-refractivity contribution >= 4 is 29.2 Å². The van der Waals surface area contributed by atoms with E-state index in [9.17, 15) is 14.7 Å². The first-order chi connectivity index (χ1) is 13.0. The van der Waals surface area contributed by atoms with Gasteiger partial charge in [-0.2, -0.15) is 0 Å². The third-order valence-corrected chi connectivity index (χ3v) is 4.58. The van der Waals surface area contributed by atoms with Gasteiger partial charge in [0.2, 0.25) is 0 Å². The van der Waals surface area contributed by atoms with Gasteiger partial charge in [0.1, 0.15) is 5.75 Å². The second-order valence-electron chi connectivity index (χ2n) is 6.48. The van der Waals surface area contributed by atoms with Gasteiger partial charge in [-0.1, -0.05) is 48.0 Å². The fourth-order valence-corrected chi connectivity index (χ4v) is 3.16. The Labute approximate surface area is 157 Å². The lowest BCUT2D eigenvalue weighted by Gasteiger charge is -2.28. The van der Waals surface area contributed by atoms with E-state index in [1.54, 1.807) is 60.7 Å². The number of benzene rings is 3. The molecule has 3 aromatic carbocycles. The van der Waals surface area contributed by atoms with Crippen LogP contribution in [0.25, 0.3) is 11.6 Å². The number of phenols is 1. The molecule has 0 saturated carbocycles. The number of aromatic hydroxyl groups is 1. The number of hydrogen-bond donors (Lipinski definition) is 1. The Hall–Kier alpha value is -3.66. The van der Waals surface area contributed by atoms with E-state index in [0.717, 1.165) is 11.1 Å². The number of imide groups is 1. The molecule has 132 valence electrons. The Kier molecular flexibility index (Phi) is 4.09. The first-order valence-corrected chi connectivity index (χ1v) is 8.60. The van der Waals surface area contributed by atoms with Gasteiger partial charge in [0.15, 0.2) is 0 Å². The van der Waals surface area contributed by atoms with E-state index in [0.29, 0.717) is 22.4 Å². The van der Waals surface area contributed by atoms with Gasteiger partial charge in [-0.3, -0.25) is 9.59 Å². The van der Waals surface area contributed by atoms with E-state index in [1.165, 1.54) is 4.90 Å². The highest BCUT2D eigenvalue weighted by molar-refractivity contribution is 6.43. The summed E-state index contributed by atoms with van der Waals surface area (Å²) < 4.78 is 0. The van der Waals surface area contributed by atoms with Crippen LogP contribution in [-0.4, -0.2) is 16.9 Å². The number of nitrogens with zero attached hydrogens (tertiary/aromatic N) is 1. The molecular formula is C23H17NO3. The average molecular weight is 355 g/mol. The number of fused-ring (bicyclic) bond motifs is 1. The van der Waals surface area contributed by atoms with Crippen LogP contribution < -0.4 is 4.90 Å². The molecule has 3 aromatic rings. The zero-order valence-corrected chi connectivity index (χ0v) is 14.7. The number of anilines is 1. The molecule has 0 unspecified atom stereocenters. The molecule has 1 heterocycles. The van der Waals surface area contributed by atoms with Crippen molar-refractivity contribution in [1.29, 1.82) is 0 Å².